The fourth-order valence-corrected chi connectivity index (χ4v) is 1.91. The Morgan fingerprint density at radius 3 is 2.53 bits per heavy atom. The van der Waals surface area contributed by atoms with Crippen molar-refractivity contribution in [1.29, 1.82) is 0 Å². The zero-order chi connectivity index (χ0) is 12.8. The summed E-state index contributed by atoms with van der Waals surface area (Å²) in [5.41, 5.74) is -0.448. The molecule has 0 aromatic carbocycles. The van der Waals surface area contributed by atoms with Crippen LogP contribution in [0.15, 0.2) is 0 Å². The maximum Gasteiger partial charge on any atom is 0.410 e. The lowest BCUT2D eigenvalue weighted by Gasteiger charge is -2.21. The molecule has 2 fully saturated rings. The fourth-order valence-electron chi connectivity index (χ4n) is 1.91. The second-order valence-electron chi connectivity index (χ2n) is 6.07. The molecule has 0 saturated carbocycles. The molecule has 98 valence electrons. The lowest BCUT2D eigenvalue weighted by molar-refractivity contribution is -0.139. The van der Waals surface area contributed by atoms with Crippen molar-refractivity contribution < 1.29 is 19.0 Å². The predicted octanol–water partition coefficient (Wildman–Crippen LogP) is 1.76. The first-order valence-electron chi connectivity index (χ1n) is 5.99. The molecule has 0 radical (unpaired) electrons. The van der Waals surface area contributed by atoms with Crippen molar-refractivity contribution in [2.75, 3.05) is 13.2 Å². The monoisotopic (exact) mass is 243 g/mol. The van der Waals surface area contributed by atoms with Gasteiger partial charge in [0.15, 0.2) is 5.79 Å². The summed E-state index contributed by atoms with van der Waals surface area (Å²) in [6, 6.07) is 0.103. The Bertz CT molecular complexity index is 321. The summed E-state index contributed by atoms with van der Waals surface area (Å²) in [5.74, 6) is -0.535. The van der Waals surface area contributed by atoms with Crippen LogP contribution in [0.1, 0.15) is 34.6 Å². The van der Waals surface area contributed by atoms with Gasteiger partial charge in [-0.2, -0.15) is 0 Å². The maximum absolute atomic E-state index is 11.8. The van der Waals surface area contributed by atoms with E-state index in [2.05, 4.69) is 0 Å². The van der Waals surface area contributed by atoms with Crippen LogP contribution < -0.4 is 0 Å². The van der Waals surface area contributed by atoms with E-state index in [4.69, 9.17) is 14.2 Å². The second kappa shape index (κ2) is 3.85. The smallest absolute Gasteiger partial charge is 0.410 e. The molecule has 0 N–H and O–H groups in total. The van der Waals surface area contributed by atoms with Crippen LogP contribution >= 0.6 is 0 Å². The second-order valence-corrected chi connectivity index (χ2v) is 6.07. The van der Waals surface area contributed by atoms with Crippen molar-refractivity contribution in [1.82, 2.24) is 4.90 Å². The lowest BCUT2D eigenvalue weighted by Crippen LogP contribution is -2.31. The zero-order valence-corrected chi connectivity index (χ0v) is 11.1. The first kappa shape index (κ1) is 12.6. The van der Waals surface area contributed by atoms with Crippen LogP contribution in [0.3, 0.4) is 0 Å². The van der Waals surface area contributed by atoms with Gasteiger partial charge in [0, 0.05) is 6.54 Å². The summed E-state index contributed by atoms with van der Waals surface area (Å²) in [5, 5.41) is 0. The Kier molecular flexibility index (Phi) is 2.86. The number of carbonyl (C=O) groups excluding carboxylic acids is 1. The van der Waals surface area contributed by atoms with Gasteiger partial charge in [-0.15, -0.1) is 0 Å². The van der Waals surface area contributed by atoms with Gasteiger partial charge in [-0.05, 0) is 34.6 Å². The van der Waals surface area contributed by atoms with E-state index >= 15 is 0 Å². The topological polar surface area (TPSA) is 47.8 Å². The Labute approximate surface area is 102 Å². The van der Waals surface area contributed by atoms with Gasteiger partial charge in [0.05, 0.1) is 12.6 Å². The molecule has 2 saturated heterocycles. The van der Waals surface area contributed by atoms with E-state index in [0.717, 1.165) is 0 Å². The molecule has 1 amide bonds. The van der Waals surface area contributed by atoms with Crippen LogP contribution in [-0.2, 0) is 14.2 Å². The predicted molar refractivity (Wildman–Crippen MR) is 61.6 cm³/mol. The van der Waals surface area contributed by atoms with E-state index < -0.39 is 11.4 Å². The number of hydrogen-bond acceptors (Lipinski definition) is 4. The average molecular weight is 243 g/mol. The Balaban J connectivity index is 1.83. The molecule has 2 heterocycles. The van der Waals surface area contributed by atoms with Crippen LogP contribution in [0.4, 0.5) is 4.79 Å². The van der Waals surface area contributed by atoms with Gasteiger partial charge < -0.3 is 14.2 Å². The molecule has 0 aromatic heterocycles. The molecular formula is C12H21NO4. The highest BCUT2D eigenvalue weighted by atomic mass is 16.7. The quantitative estimate of drug-likeness (QED) is 0.658. The van der Waals surface area contributed by atoms with Crippen molar-refractivity contribution in [2.24, 2.45) is 0 Å². The Hall–Kier alpha value is -0.810. The molecular weight excluding hydrogens is 222 g/mol. The van der Waals surface area contributed by atoms with Crippen molar-refractivity contribution in [3.8, 4) is 0 Å². The molecule has 5 nitrogen and oxygen atoms in total. The van der Waals surface area contributed by atoms with Crippen molar-refractivity contribution in [3.63, 3.8) is 0 Å². The number of carbonyl (C=O) groups is 1. The SMILES string of the molecule is CC(C)(C)OC(=O)N1CC1C1COC(C)(C)O1. The summed E-state index contributed by atoms with van der Waals surface area (Å²) in [7, 11) is 0. The van der Waals surface area contributed by atoms with Crippen LogP contribution in [-0.4, -0.2) is 47.7 Å². The van der Waals surface area contributed by atoms with Gasteiger partial charge in [-0.1, -0.05) is 0 Å². The van der Waals surface area contributed by atoms with Gasteiger partial charge in [0.2, 0.25) is 0 Å². The van der Waals surface area contributed by atoms with Crippen molar-refractivity contribution in [3.05, 3.63) is 0 Å². The van der Waals surface area contributed by atoms with Crippen molar-refractivity contribution >= 4 is 6.09 Å². The summed E-state index contributed by atoms with van der Waals surface area (Å²) in [6.07, 6.45) is -0.298. The first-order chi connectivity index (χ1) is 7.68. The molecule has 2 unspecified atom stereocenters. The van der Waals surface area contributed by atoms with Crippen LogP contribution in [0.2, 0.25) is 0 Å². The minimum absolute atomic E-state index is 0.0301. The molecule has 2 aliphatic heterocycles. The molecule has 0 aromatic rings. The standard InChI is InChI=1S/C12H21NO4/c1-11(2,3)17-10(14)13-6-8(13)9-7-15-12(4,5)16-9/h8-9H,6-7H2,1-5H3. The largest absolute Gasteiger partial charge is 0.444 e. The highest BCUT2D eigenvalue weighted by Gasteiger charge is 2.51. The van der Waals surface area contributed by atoms with E-state index in [9.17, 15) is 4.79 Å². The first-order valence-corrected chi connectivity index (χ1v) is 5.99. The van der Waals surface area contributed by atoms with Crippen LogP contribution in [0, 0.1) is 0 Å². The summed E-state index contributed by atoms with van der Waals surface area (Å²) < 4.78 is 16.5. The van der Waals surface area contributed by atoms with E-state index in [1.165, 1.54) is 0 Å². The number of hydrogen-bond donors (Lipinski definition) is 0. The molecule has 0 bridgehead atoms. The molecule has 2 aliphatic rings. The van der Waals surface area contributed by atoms with Gasteiger partial charge >= 0.3 is 6.09 Å². The van der Waals surface area contributed by atoms with E-state index in [1.807, 2.05) is 34.6 Å². The zero-order valence-electron chi connectivity index (χ0n) is 11.1. The number of nitrogens with zero attached hydrogens (tertiary/aromatic N) is 1. The lowest BCUT2D eigenvalue weighted by atomic mass is 10.2. The minimum atomic E-state index is -0.535. The molecule has 17 heavy (non-hydrogen) atoms. The highest BCUT2D eigenvalue weighted by molar-refractivity contribution is 5.71. The molecule has 2 atom stereocenters. The summed E-state index contributed by atoms with van der Waals surface area (Å²) in [6.45, 7) is 10.6. The molecule has 0 spiro atoms. The van der Waals surface area contributed by atoms with Gasteiger partial charge in [0.25, 0.3) is 0 Å². The van der Waals surface area contributed by atoms with Crippen molar-refractivity contribution in [2.45, 2.75) is 58.2 Å². The van der Waals surface area contributed by atoms with E-state index in [0.29, 0.717) is 13.2 Å². The van der Waals surface area contributed by atoms with Crippen LogP contribution in [0.25, 0.3) is 0 Å². The molecule has 0 aliphatic carbocycles. The molecule has 5 heteroatoms. The van der Waals surface area contributed by atoms with E-state index in [-0.39, 0.29) is 18.2 Å². The number of amides is 1. The fraction of sp³-hybridized carbons (Fsp3) is 0.917. The third kappa shape index (κ3) is 3.10. The highest BCUT2D eigenvalue weighted by Crippen LogP contribution is 2.33. The Morgan fingerprint density at radius 1 is 1.41 bits per heavy atom. The van der Waals surface area contributed by atoms with Gasteiger partial charge in [-0.25, -0.2) is 4.79 Å². The maximum atomic E-state index is 11.8. The van der Waals surface area contributed by atoms with Gasteiger partial charge in [0.1, 0.15) is 11.7 Å². The third-order valence-corrected chi connectivity index (χ3v) is 2.74. The minimum Gasteiger partial charge on any atom is -0.444 e. The van der Waals surface area contributed by atoms with E-state index in [1.54, 1.807) is 4.90 Å². The summed E-state index contributed by atoms with van der Waals surface area (Å²) in [4.78, 5) is 13.4. The number of rotatable bonds is 1. The third-order valence-electron chi connectivity index (χ3n) is 2.74. The van der Waals surface area contributed by atoms with Crippen LogP contribution in [0.5, 0.6) is 0 Å². The average Bonchev–Trinajstić information content (AvgIpc) is 2.83. The summed E-state index contributed by atoms with van der Waals surface area (Å²) >= 11 is 0. The number of ether oxygens (including phenoxy) is 3. The normalized spacial score (nSPS) is 31.5. The van der Waals surface area contributed by atoms with Gasteiger partial charge in [-0.3, -0.25) is 4.90 Å². The molecule has 2 rings (SSSR count). The Morgan fingerprint density at radius 2 is 2.06 bits per heavy atom.